The summed E-state index contributed by atoms with van der Waals surface area (Å²) in [6.07, 6.45) is 7.52. The highest BCUT2D eigenvalue weighted by Gasteiger charge is 2.10. The van der Waals surface area contributed by atoms with Crippen LogP contribution >= 0.6 is 0 Å². The van der Waals surface area contributed by atoms with Crippen LogP contribution in [0, 0.1) is 0 Å². The van der Waals surface area contributed by atoms with Crippen LogP contribution in [0.25, 0.3) is 17.1 Å². The Morgan fingerprint density at radius 1 is 1.21 bits per heavy atom. The third kappa shape index (κ3) is 3.75. The highest BCUT2D eigenvalue weighted by atomic mass is 16.1. The second kappa shape index (κ2) is 7.59. The molecule has 28 heavy (non-hydrogen) atoms. The smallest absolute Gasteiger partial charge is 0.203 e. The predicted molar refractivity (Wildman–Crippen MR) is 105 cm³/mol. The largest absolute Gasteiger partial charge is 0.288 e. The zero-order chi connectivity index (χ0) is 19.5. The number of rotatable bonds is 6. The van der Waals surface area contributed by atoms with Gasteiger partial charge in [0.25, 0.3) is 0 Å². The monoisotopic (exact) mass is 375 g/mol. The minimum atomic E-state index is -0.0892. The number of hydrogen-bond acceptors (Lipinski definition) is 5. The molecule has 0 aliphatic heterocycles. The summed E-state index contributed by atoms with van der Waals surface area (Å²) in [6.45, 7) is 2.11. The predicted octanol–water partition coefficient (Wildman–Crippen LogP) is 2.29. The van der Waals surface area contributed by atoms with Crippen LogP contribution in [0.1, 0.15) is 30.4 Å². The lowest BCUT2D eigenvalue weighted by molar-refractivity contribution is 0.762. The van der Waals surface area contributed by atoms with Crippen LogP contribution in [0.5, 0.6) is 0 Å². The van der Waals surface area contributed by atoms with Crippen LogP contribution in [0.3, 0.4) is 0 Å². The second-order valence-corrected chi connectivity index (χ2v) is 6.68. The molecule has 3 heterocycles. The van der Waals surface area contributed by atoms with Crippen molar-refractivity contribution in [3.8, 4) is 17.1 Å². The third-order valence-electron chi connectivity index (χ3n) is 4.41. The normalized spacial score (nSPS) is 11.1. The van der Waals surface area contributed by atoms with Gasteiger partial charge >= 0.3 is 0 Å². The van der Waals surface area contributed by atoms with E-state index >= 15 is 0 Å². The summed E-state index contributed by atoms with van der Waals surface area (Å²) in [7, 11) is 1.84. The van der Waals surface area contributed by atoms with Crippen LogP contribution in [-0.4, -0.2) is 34.7 Å². The van der Waals surface area contributed by atoms with Crippen molar-refractivity contribution in [3.63, 3.8) is 0 Å². The molecule has 0 atom stereocenters. The van der Waals surface area contributed by atoms with E-state index in [-0.39, 0.29) is 5.43 Å². The molecule has 1 aromatic carbocycles. The van der Waals surface area contributed by atoms with Crippen LogP contribution < -0.4 is 5.43 Å². The molecule has 0 fully saturated rings. The zero-order valence-electron chi connectivity index (χ0n) is 15.8. The van der Waals surface area contributed by atoms with Gasteiger partial charge < -0.3 is 0 Å². The second-order valence-electron chi connectivity index (χ2n) is 6.68. The van der Waals surface area contributed by atoms with E-state index in [1.165, 1.54) is 6.07 Å². The van der Waals surface area contributed by atoms with E-state index < -0.39 is 0 Å². The van der Waals surface area contributed by atoms with E-state index in [0.29, 0.717) is 17.9 Å². The Balaban J connectivity index is 1.61. The maximum atomic E-state index is 12.3. The summed E-state index contributed by atoms with van der Waals surface area (Å²) in [5, 5.41) is 15.9. The molecule has 0 aliphatic carbocycles. The molecule has 8 nitrogen and oxygen atoms in total. The molecule has 4 aromatic rings. The summed E-state index contributed by atoms with van der Waals surface area (Å²) in [6, 6.07) is 9.43. The molecule has 3 aromatic heterocycles. The topological polar surface area (TPSA) is 94.3 Å². The minimum absolute atomic E-state index is 0.0892. The average molecular weight is 375 g/mol. The van der Waals surface area contributed by atoms with Gasteiger partial charge in [-0.15, -0.1) is 0 Å². The molecule has 8 heteroatoms. The molecule has 0 spiro atoms. The third-order valence-corrected chi connectivity index (χ3v) is 4.41. The Bertz CT molecular complexity index is 1160. The van der Waals surface area contributed by atoms with Gasteiger partial charge in [-0.1, -0.05) is 25.1 Å². The summed E-state index contributed by atoms with van der Waals surface area (Å²) in [5.74, 6) is 1.55. The highest BCUT2D eigenvalue weighted by molar-refractivity contribution is 5.56. The maximum absolute atomic E-state index is 12.3. The fraction of sp³-hybridized carbons (Fsp3) is 0.250. The highest BCUT2D eigenvalue weighted by Crippen LogP contribution is 2.18. The number of H-pyrrole nitrogens is 1. The Hall–Kier alpha value is -3.55. The maximum Gasteiger partial charge on any atom is 0.203 e. The van der Waals surface area contributed by atoms with Crippen molar-refractivity contribution in [2.45, 2.75) is 26.2 Å². The first-order valence-electron chi connectivity index (χ1n) is 9.21. The molecule has 142 valence electrons. The molecule has 0 radical (unpaired) electrons. The number of nitrogens with one attached hydrogen (secondary N) is 1. The number of aryl methyl sites for hydroxylation is 2. The molecule has 1 N–H and O–H groups in total. The van der Waals surface area contributed by atoms with Gasteiger partial charge in [0, 0.05) is 37.7 Å². The van der Waals surface area contributed by atoms with Gasteiger partial charge in [0.15, 0.2) is 5.82 Å². The van der Waals surface area contributed by atoms with E-state index in [0.717, 1.165) is 35.5 Å². The first kappa shape index (κ1) is 17.8. The van der Waals surface area contributed by atoms with Gasteiger partial charge in [0.1, 0.15) is 17.2 Å². The van der Waals surface area contributed by atoms with Crippen molar-refractivity contribution < 1.29 is 0 Å². The summed E-state index contributed by atoms with van der Waals surface area (Å²) < 4.78 is 3.36. The van der Waals surface area contributed by atoms with Gasteiger partial charge in [0.05, 0.1) is 12.4 Å². The molecule has 0 unspecified atom stereocenters. The molecule has 0 saturated carbocycles. The van der Waals surface area contributed by atoms with Crippen LogP contribution in [0.15, 0.2) is 53.7 Å². The number of aromatic nitrogens is 7. The summed E-state index contributed by atoms with van der Waals surface area (Å²) in [5.41, 5.74) is 3.09. The number of aromatic amines is 1. The fourth-order valence-corrected chi connectivity index (χ4v) is 3.03. The molecule has 0 saturated heterocycles. The number of nitrogens with zero attached hydrogens (tertiary/aromatic N) is 6. The molecular weight excluding hydrogens is 354 g/mol. The van der Waals surface area contributed by atoms with E-state index in [4.69, 9.17) is 0 Å². The van der Waals surface area contributed by atoms with Gasteiger partial charge in [-0.25, -0.2) is 9.67 Å². The number of benzene rings is 1. The Morgan fingerprint density at radius 2 is 2.11 bits per heavy atom. The summed E-state index contributed by atoms with van der Waals surface area (Å²) in [4.78, 5) is 16.9. The van der Waals surface area contributed by atoms with Crippen molar-refractivity contribution in [2.24, 2.45) is 7.05 Å². The Labute approximate surface area is 161 Å². The Kier molecular flexibility index (Phi) is 4.84. The molecule has 4 rings (SSSR count). The van der Waals surface area contributed by atoms with E-state index in [1.807, 2.05) is 37.5 Å². The fourth-order valence-electron chi connectivity index (χ4n) is 3.03. The van der Waals surface area contributed by atoms with E-state index in [2.05, 4.69) is 32.3 Å². The van der Waals surface area contributed by atoms with Crippen molar-refractivity contribution in [1.29, 1.82) is 0 Å². The molecule has 0 amide bonds. The average Bonchev–Trinajstić information content (AvgIpc) is 3.33. The van der Waals surface area contributed by atoms with Crippen molar-refractivity contribution in [2.75, 3.05) is 0 Å². The van der Waals surface area contributed by atoms with Crippen molar-refractivity contribution in [1.82, 2.24) is 34.7 Å². The van der Waals surface area contributed by atoms with Crippen molar-refractivity contribution >= 4 is 0 Å². The lowest BCUT2D eigenvalue weighted by atomic mass is 10.1. The van der Waals surface area contributed by atoms with Gasteiger partial charge in [0.2, 0.25) is 5.43 Å². The summed E-state index contributed by atoms with van der Waals surface area (Å²) >= 11 is 0. The lowest BCUT2D eigenvalue weighted by Crippen LogP contribution is -2.16. The molecule has 0 aliphatic rings. The van der Waals surface area contributed by atoms with E-state index in [1.54, 1.807) is 21.8 Å². The Morgan fingerprint density at radius 3 is 2.89 bits per heavy atom. The quantitative estimate of drug-likeness (QED) is 0.558. The van der Waals surface area contributed by atoms with Crippen LogP contribution in [-0.2, 0) is 19.9 Å². The SMILES string of the molecule is CCCc1nc(-c2cccc(Cc3nn(-c4cnn(C)c4)ccc3=O)c2)n[nH]1. The number of hydrogen-bond donors (Lipinski definition) is 1. The van der Waals surface area contributed by atoms with Crippen LogP contribution in [0.4, 0.5) is 0 Å². The van der Waals surface area contributed by atoms with Crippen molar-refractivity contribution in [3.05, 3.63) is 76.2 Å². The molecular formula is C20H21N7O. The van der Waals surface area contributed by atoms with E-state index in [9.17, 15) is 4.79 Å². The standard InChI is InChI=1S/C20H21N7O/c1-3-5-19-22-20(24-23-19)15-7-4-6-14(10-15)11-17-18(28)8-9-27(25-17)16-12-21-26(2)13-16/h4,6-10,12-13H,3,5,11H2,1-2H3,(H,22,23,24). The zero-order valence-corrected chi connectivity index (χ0v) is 15.8. The first-order valence-corrected chi connectivity index (χ1v) is 9.21. The lowest BCUT2D eigenvalue weighted by Gasteiger charge is -2.06. The first-order chi connectivity index (χ1) is 13.6. The molecule has 0 bridgehead atoms. The van der Waals surface area contributed by atoms with Gasteiger partial charge in [-0.05, 0) is 18.1 Å². The van der Waals surface area contributed by atoms with Gasteiger partial charge in [-0.3, -0.25) is 14.6 Å². The van der Waals surface area contributed by atoms with Gasteiger partial charge in [-0.2, -0.15) is 15.3 Å². The van der Waals surface area contributed by atoms with Crippen LogP contribution in [0.2, 0.25) is 0 Å². The minimum Gasteiger partial charge on any atom is -0.288 e.